The number of nitrogens with two attached hydrogens (primary N) is 1. The summed E-state index contributed by atoms with van der Waals surface area (Å²) in [5.74, 6) is 3.03. The van der Waals surface area contributed by atoms with Gasteiger partial charge in [-0.05, 0) is 48.4 Å². The monoisotopic (exact) mass is 239 g/mol. The van der Waals surface area contributed by atoms with Crippen LogP contribution in [0.2, 0.25) is 0 Å². The van der Waals surface area contributed by atoms with E-state index >= 15 is 0 Å². The molecule has 1 nitrogen and oxygen atoms in total. The standard InChI is InChI=1S/C13H18FNS/c14-13-4-2-1-3-11(13)12(9-15)10-5-7-16-8-6-10/h1-4,10,12H,5-9,15H2. The van der Waals surface area contributed by atoms with Crippen molar-refractivity contribution < 1.29 is 4.39 Å². The van der Waals surface area contributed by atoms with Crippen LogP contribution in [0, 0.1) is 11.7 Å². The Hall–Kier alpha value is -0.540. The first-order chi connectivity index (χ1) is 7.83. The molecule has 0 amide bonds. The molecule has 1 aliphatic heterocycles. The maximum Gasteiger partial charge on any atom is 0.126 e. The SMILES string of the molecule is NCC(c1ccccc1F)C1CCSCC1. The first-order valence-electron chi connectivity index (χ1n) is 5.85. The molecule has 1 aromatic rings. The Labute approximate surface area is 101 Å². The van der Waals surface area contributed by atoms with Gasteiger partial charge in [-0.15, -0.1) is 0 Å². The highest BCUT2D eigenvalue weighted by Gasteiger charge is 2.25. The smallest absolute Gasteiger partial charge is 0.126 e. The highest BCUT2D eigenvalue weighted by molar-refractivity contribution is 7.99. The van der Waals surface area contributed by atoms with Gasteiger partial charge in [-0.2, -0.15) is 11.8 Å². The van der Waals surface area contributed by atoms with Gasteiger partial charge < -0.3 is 5.73 Å². The van der Waals surface area contributed by atoms with Gasteiger partial charge in [0, 0.05) is 5.92 Å². The first-order valence-corrected chi connectivity index (χ1v) is 7.00. The minimum atomic E-state index is -0.101. The van der Waals surface area contributed by atoms with Crippen LogP contribution in [0.15, 0.2) is 24.3 Å². The molecule has 1 heterocycles. The number of hydrogen-bond acceptors (Lipinski definition) is 2. The zero-order valence-corrected chi connectivity index (χ0v) is 10.2. The van der Waals surface area contributed by atoms with Crippen molar-refractivity contribution in [1.29, 1.82) is 0 Å². The number of hydrogen-bond donors (Lipinski definition) is 1. The predicted molar refractivity (Wildman–Crippen MR) is 68.2 cm³/mol. The first kappa shape index (κ1) is 11.9. The van der Waals surface area contributed by atoms with Crippen molar-refractivity contribution in [2.75, 3.05) is 18.1 Å². The zero-order valence-electron chi connectivity index (χ0n) is 9.36. The number of benzene rings is 1. The summed E-state index contributed by atoms with van der Waals surface area (Å²) in [4.78, 5) is 0. The van der Waals surface area contributed by atoms with Gasteiger partial charge in [0.05, 0.1) is 0 Å². The molecule has 1 saturated heterocycles. The summed E-state index contributed by atoms with van der Waals surface area (Å²) in [6, 6.07) is 7.06. The van der Waals surface area contributed by atoms with Gasteiger partial charge in [0.2, 0.25) is 0 Å². The Morgan fingerprint density at radius 3 is 2.62 bits per heavy atom. The summed E-state index contributed by atoms with van der Waals surface area (Å²) in [5.41, 5.74) is 6.64. The summed E-state index contributed by atoms with van der Waals surface area (Å²) in [5, 5.41) is 0. The lowest BCUT2D eigenvalue weighted by Crippen LogP contribution is -2.25. The third-order valence-electron chi connectivity index (χ3n) is 3.39. The van der Waals surface area contributed by atoms with Crippen LogP contribution < -0.4 is 5.73 Å². The Kier molecular flexibility index (Phi) is 4.24. The average molecular weight is 239 g/mol. The molecule has 1 aliphatic rings. The molecular weight excluding hydrogens is 221 g/mol. The van der Waals surface area contributed by atoms with E-state index in [4.69, 9.17) is 5.73 Å². The largest absolute Gasteiger partial charge is 0.330 e. The van der Waals surface area contributed by atoms with E-state index in [1.165, 1.54) is 30.4 Å². The molecule has 0 aromatic heterocycles. The fraction of sp³-hybridized carbons (Fsp3) is 0.538. The molecule has 16 heavy (non-hydrogen) atoms. The Morgan fingerprint density at radius 1 is 1.31 bits per heavy atom. The summed E-state index contributed by atoms with van der Waals surface area (Å²) >= 11 is 1.99. The van der Waals surface area contributed by atoms with Crippen molar-refractivity contribution in [3.05, 3.63) is 35.6 Å². The van der Waals surface area contributed by atoms with Crippen molar-refractivity contribution in [2.45, 2.75) is 18.8 Å². The molecule has 88 valence electrons. The van der Waals surface area contributed by atoms with Gasteiger partial charge in [-0.3, -0.25) is 0 Å². The van der Waals surface area contributed by atoms with E-state index in [0.29, 0.717) is 12.5 Å². The van der Waals surface area contributed by atoms with Crippen LogP contribution >= 0.6 is 11.8 Å². The van der Waals surface area contributed by atoms with Gasteiger partial charge in [-0.1, -0.05) is 18.2 Å². The molecule has 1 aromatic carbocycles. The van der Waals surface area contributed by atoms with Gasteiger partial charge in [0.15, 0.2) is 0 Å². The van der Waals surface area contributed by atoms with Crippen molar-refractivity contribution in [3.8, 4) is 0 Å². The minimum absolute atomic E-state index is 0.101. The van der Waals surface area contributed by atoms with Crippen molar-refractivity contribution >= 4 is 11.8 Å². The molecule has 2 N–H and O–H groups in total. The molecule has 0 saturated carbocycles. The van der Waals surface area contributed by atoms with Crippen LogP contribution in [0.1, 0.15) is 24.3 Å². The maximum atomic E-state index is 13.7. The molecule has 2 rings (SSSR count). The molecular formula is C13H18FNS. The summed E-state index contributed by atoms with van der Waals surface area (Å²) in [7, 11) is 0. The summed E-state index contributed by atoms with van der Waals surface area (Å²) < 4.78 is 13.7. The van der Waals surface area contributed by atoms with Gasteiger partial charge in [0.25, 0.3) is 0 Å². The van der Waals surface area contributed by atoms with Crippen LogP contribution in [0.4, 0.5) is 4.39 Å². The number of thioether (sulfide) groups is 1. The predicted octanol–water partition coefficient (Wildman–Crippen LogP) is 3.01. The molecule has 1 atom stereocenters. The number of rotatable bonds is 3. The second kappa shape index (κ2) is 5.69. The molecule has 0 aliphatic carbocycles. The quantitative estimate of drug-likeness (QED) is 0.877. The van der Waals surface area contributed by atoms with Crippen molar-refractivity contribution in [1.82, 2.24) is 0 Å². The molecule has 1 fully saturated rings. The van der Waals surface area contributed by atoms with E-state index in [1.54, 1.807) is 6.07 Å². The molecule has 0 radical (unpaired) electrons. The summed E-state index contributed by atoms with van der Waals surface area (Å²) in [6.07, 6.45) is 2.34. The lowest BCUT2D eigenvalue weighted by atomic mass is 9.82. The minimum Gasteiger partial charge on any atom is -0.330 e. The van der Waals surface area contributed by atoms with E-state index in [9.17, 15) is 4.39 Å². The molecule has 0 bridgehead atoms. The van der Waals surface area contributed by atoms with Crippen LogP contribution in [0.5, 0.6) is 0 Å². The second-order valence-corrected chi connectivity index (χ2v) is 5.54. The molecule has 0 spiro atoms. The van der Waals surface area contributed by atoms with E-state index in [-0.39, 0.29) is 11.7 Å². The highest BCUT2D eigenvalue weighted by atomic mass is 32.2. The van der Waals surface area contributed by atoms with E-state index in [2.05, 4.69) is 0 Å². The number of halogens is 1. The van der Waals surface area contributed by atoms with Gasteiger partial charge >= 0.3 is 0 Å². The Bertz CT molecular complexity index is 336. The third-order valence-corrected chi connectivity index (χ3v) is 4.44. The maximum absolute atomic E-state index is 13.7. The van der Waals surface area contributed by atoms with Crippen LogP contribution in [0.25, 0.3) is 0 Å². The molecule has 3 heteroatoms. The topological polar surface area (TPSA) is 26.0 Å². The summed E-state index contributed by atoms with van der Waals surface area (Å²) in [6.45, 7) is 0.552. The van der Waals surface area contributed by atoms with E-state index in [0.717, 1.165) is 5.56 Å². The lowest BCUT2D eigenvalue weighted by Gasteiger charge is -2.29. The zero-order chi connectivity index (χ0) is 11.4. The van der Waals surface area contributed by atoms with Gasteiger partial charge in [0.1, 0.15) is 5.82 Å². The Balaban J connectivity index is 2.18. The van der Waals surface area contributed by atoms with Crippen LogP contribution in [0.3, 0.4) is 0 Å². The van der Waals surface area contributed by atoms with Crippen LogP contribution in [-0.2, 0) is 0 Å². The second-order valence-electron chi connectivity index (χ2n) is 4.31. The average Bonchev–Trinajstić information content (AvgIpc) is 2.34. The molecule has 1 unspecified atom stereocenters. The van der Waals surface area contributed by atoms with E-state index < -0.39 is 0 Å². The van der Waals surface area contributed by atoms with Crippen molar-refractivity contribution in [2.24, 2.45) is 11.7 Å². The lowest BCUT2D eigenvalue weighted by molar-refractivity contribution is 0.390. The normalized spacial score (nSPS) is 19.6. The fourth-order valence-corrected chi connectivity index (χ4v) is 3.61. The van der Waals surface area contributed by atoms with Gasteiger partial charge in [-0.25, -0.2) is 4.39 Å². The van der Waals surface area contributed by atoms with Crippen molar-refractivity contribution in [3.63, 3.8) is 0 Å². The van der Waals surface area contributed by atoms with E-state index in [1.807, 2.05) is 23.9 Å². The highest BCUT2D eigenvalue weighted by Crippen LogP contribution is 2.35. The Morgan fingerprint density at radius 2 is 2.00 bits per heavy atom. The fourth-order valence-electron chi connectivity index (χ4n) is 2.47. The van der Waals surface area contributed by atoms with Crippen LogP contribution in [-0.4, -0.2) is 18.1 Å². The third kappa shape index (κ3) is 2.58.